The zero-order valence-corrected chi connectivity index (χ0v) is 17.8. The first-order valence-electron chi connectivity index (χ1n) is 10.6. The van der Waals surface area contributed by atoms with Crippen molar-refractivity contribution < 1.29 is 9.84 Å². The molecule has 28 heavy (non-hydrogen) atoms. The molecule has 1 fully saturated rings. The molecular formula is C24H31NO2S. The van der Waals surface area contributed by atoms with Gasteiger partial charge >= 0.3 is 0 Å². The van der Waals surface area contributed by atoms with Crippen molar-refractivity contribution >= 4 is 11.8 Å². The molecule has 0 bridgehead atoms. The number of nitrogens with zero attached hydrogens (tertiary/aromatic N) is 1. The number of thioether (sulfide) groups is 1. The largest absolute Gasteiger partial charge is 0.475 e. The fourth-order valence-corrected chi connectivity index (χ4v) is 5.88. The number of benzene rings is 2. The van der Waals surface area contributed by atoms with Crippen molar-refractivity contribution in [3.8, 4) is 5.75 Å². The third-order valence-electron chi connectivity index (χ3n) is 6.44. The molecule has 1 saturated heterocycles. The molecule has 2 heterocycles. The SMILES string of the molecule is CCC1(CC)Oc2ccc(C3CCC(CCc4ccccc4)N3CO)cc2S1. The highest BCUT2D eigenvalue weighted by Gasteiger charge is 2.39. The van der Waals surface area contributed by atoms with Crippen LogP contribution >= 0.6 is 11.8 Å². The Morgan fingerprint density at radius 2 is 1.89 bits per heavy atom. The van der Waals surface area contributed by atoms with E-state index in [1.54, 1.807) is 0 Å². The third-order valence-corrected chi connectivity index (χ3v) is 8.01. The molecule has 0 saturated carbocycles. The normalized spacial score (nSPS) is 23.5. The lowest BCUT2D eigenvalue weighted by Crippen LogP contribution is -2.32. The Morgan fingerprint density at radius 3 is 2.61 bits per heavy atom. The van der Waals surface area contributed by atoms with Gasteiger partial charge in [0.15, 0.2) is 4.93 Å². The van der Waals surface area contributed by atoms with Crippen LogP contribution in [0.2, 0.25) is 0 Å². The van der Waals surface area contributed by atoms with E-state index < -0.39 is 0 Å². The van der Waals surface area contributed by atoms with Gasteiger partial charge in [-0.25, -0.2) is 0 Å². The molecule has 0 radical (unpaired) electrons. The van der Waals surface area contributed by atoms with Crippen molar-refractivity contribution in [2.24, 2.45) is 0 Å². The highest BCUT2D eigenvalue weighted by atomic mass is 32.2. The summed E-state index contributed by atoms with van der Waals surface area (Å²) in [6.45, 7) is 4.52. The Morgan fingerprint density at radius 1 is 1.11 bits per heavy atom. The molecule has 4 rings (SSSR count). The zero-order chi connectivity index (χ0) is 19.6. The van der Waals surface area contributed by atoms with E-state index in [4.69, 9.17) is 4.74 Å². The van der Waals surface area contributed by atoms with E-state index in [0.717, 1.165) is 44.3 Å². The van der Waals surface area contributed by atoms with Crippen LogP contribution in [-0.4, -0.2) is 27.7 Å². The summed E-state index contributed by atoms with van der Waals surface area (Å²) in [4.78, 5) is 3.44. The molecule has 4 heteroatoms. The predicted octanol–water partition coefficient (Wildman–Crippen LogP) is 5.78. The summed E-state index contributed by atoms with van der Waals surface area (Å²) in [6, 6.07) is 18.1. The zero-order valence-electron chi connectivity index (χ0n) is 16.9. The van der Waals surface area contributed by atoms with Crippen LogP contribution in [0, 0.1) is 0 Å². The fourth-order valence-electron chi connectivity index (χ4n) is 4.65. The number of aliphatic hydroxyl groups is 1. The molecule has 0 spiro atoms. The molecular weight excluding hydrogens is 366 g/mol. The molecule has 2 aromatic rings. The Hall–Kier alpha value is -1.49. The maximum Gasteiger partial charge on any atom is 0.158 e. The van der Waals surface area contributed by atoms with Crippen molar-refractivity contribution in [1.82, 2.24) is 4.90 Å². The molecule has 1 N–H and O–H groups in total. The van der Waals surface area contributed by atoms with Crippen molar-refractivity contribution in [1.29, 1.82) is 0 Å². The Balaban J connectivity index is 1.46. The van der Waals surface area contributed by atoms with Crippen LogP contribution in [0.4, 0.5) is 0 Å². The molecule has 2 atom stereocenters. The average Bonchev–Trinajstić information content (AvgIpc) is 3.33. The summed E-state index contributed by atoms with van der Waals surface area (Å²) in [6.07, 6.45) is 6.43. The summed E-state index contributed by atoms with van der Waals surface area (Å²) < 4.78 is 6.27. The van der Waals surface area contributed by atoms with Gasteiger partial charge in [0, 0.05) is 12.1 Å². The molecule has 2 aliphatic heterocycles. The highest BCUT2D eigenvalue weighted by molar-refractivity contribution is 8.00. The van der Waals surface area contributed by atoms with Crippen LogP contribution in [-0.2, 0) is 6.42 Å². The second-order valence-electron chi connectivity index (χ2n) is 7.95. The van der Waals surface area contributed by atoms with Gasteiger partial charge in [-0.05, 0) is 61.8 Å². The minimum absolute atomic E-state index is 0.106. The smallest absolute Gasteiger partial charge is 0.158 e. The fraction of sp³-hybridized carbons (Fsp3) is 0.500. The van der Waals surface area contributed by atoms with Gasteiger partial charge < -0.3 is 9.84 Å². The second-order valence-corrected chi connectivity index (χ2v) is 9.34. The Kier molecular flexibility index (Phi) is 6.00. The van der Waals surface area contributed by atoms with Gasteiger partial charge in [-0.3, -0.25) is 4.90 Å². The van der Waals surface area contributed by atoms with Crippen molar-refractivity contribution in [3.63, 3.8) is 0 Å². The monoisotopic (exact) mass is 397 g/mol. The number of aryl methyl sites for hydroxylation is 1. The van der Waals surface area contributed by atoms with Crippen molar-refractivity contribution in [2.45, 2.75) is 74.3 Å². The number of hydrogen-bond acceptors (Lipinski definition) is 4. The van der Waals surface area contributed by atoms with Crippen LogP contribution in [0.15, 0.2) is 53.4 Å². The van der Waals surface area contributed by atoms with E-state index in [-0.39, 0.29) is 11.7 Å². The molecule has 0 aromatic heterocycles. The third kappa shape index (κ3) is 3.83. The number of ether oxygens (including phenoxy) is 1. The van der Waals surface area contributed by atoms with E-state index in [1.807, 2.05) is 11.8 Å². The lowest BCUT2D eigenvalue weighted by molar-refractivity contribution is 0.0596. The van der Waals surface area contributed by atoms with Crippen LogP contribution in [0.25, 0.3) is 0 Å². The topological polar surface area (TPSA) is 32.7 Å². The van der Waals surface area contributed by atoms with Gasteiger partial charge in [-0.15, -0.1) is 0 Å². The number of fused-ring (bicyclic) bond motifs is 1. The summed E-state index contributed by atoms with van der Waals surface area (Å²) in [5.74, 6) is 1.02. The summed E-state index contributed by atoms with van der Waals surface area (Å²) in [7, 11) is 0. The number of likely N-dealkylation sites (tertiary alicyclic amines) is 1. The van der Waals surface area contributed by atoms with E-state index in [1.165, 1.54) is 16.0 Å². The maximum atomic E-state index is 10.1. The molecule has 0 amide bonds. The first-order chi connectivity index (χ1) is 13.7. The van der Waals surface area contributed by atoms with E-state index in [9.17, 15) is 5.11 Å². The number of aliphatic hydroxyl groups excluding tert-OH is 1. The van der Waals surface area contributed by atoms with Crippen LogP contribution in [0.5, 0.6) is 5.75 Å². The Labute approximate surface area is 173 Å². The molecule has 2 unspecified atom stereocenters. The minimum atomic E-state index is -0.106. The molecule has 0 aliphatic carbocycles. The Bertz CT molecular complexity index is 790. The average molecular weight is 398 g/mol. The standard InChI is InChI=1S/C24H31NO2S/c1-3-24(4-2)27-22-15-11-19(16-23(22)28-24)21-14-13-20(25(21)17-26)12-10-18-8-6-5-7-9-18/h5-9,11,15-16,20-21,26H,3-4,10,12-14,17H2,1-2H3. The highest BCUT2D eigenvalue weighted by Crippen LogP contribution is 2.52. The van der Waals surface area contributed by atoms with E-state index in [2.05, 4.69) is 67.3 Å². The van der Waals surface area contributed by atoms with Crippen molar-refractivity contribution in [2.75, 3.05) is 6.73 Å². The maximum absolute atomic E-state index is 10.1. The predicted molar refractivity (Wildman–Crippen MR) is 116 cm³/mol. The summed E-state index contributed by atoms with van der Waals surface area (Å²) in [5.41, 5.74) is 2.69. The summed E-state index contributed by atoms with van der Waals surface area (Å²) >= 11 is 1.87. The van der Waals surface area contributed by atoms with Crippen molar-refractivity contribution in [3.05, 3.63) is 59.7 Å². The summed E-state index contributed by atoms with van der Waals surface area (Å²) in [5, 5.41) is 10.1. The number of hydrogen-bond donors (Lipinski definition) is 1. The molecule has 3 nitrogen and oxygen atoms in total. The van der Waals surface area contributed by atoms with Gasteiger partial charge in [0.2, 0.25) is 0 Å². The second kappa shape index (κ2) is 8.48. The van der Waals surface area contributed by atoms with Crippen LogP contribution in [0.3, 0.4) is 0 Å². The van der Waals surface area contributed by atoms with Gasteiger partial charge in [-0.2, -0.15) is 0 Å². The lowest BCUT2D eigenvalue weighted by atomic mass is 10.0. The van der Waals surface area contributed by atoms with Gasteiger partial charge in [-0.1, -0.05) is 62.0 Å². The van der Waals surface area contributed by atoms with E-state index >= 15 is 0 Å². The minimum Gasteiger partial charge on any atom is -0.475 e. The quantitative estimate of drug-likeness (QED) is 0.642. The number of rotatable bonds is 7. The van der Waals surface area contributed by atoms with Crippen LogP contribution < -0.4 is 4.74 Å². The molecule has 2 aliphatic rings. The molecule has 2 aromatic carbocycles. The molecule has 150 valence electrons. The van der Waals surface area contributed by atoms with Gasteiger partial charge in [0.25, 0.3) is 0 Å². The lowest BCUT2D eigenvalue weighted by Gasteiger charge is -2.28. The van der Waals surface area contributed by atoms with Gasteiger partial charge in [0.05, 0.1) is 11.6 Å². The van der Waals surface area contributed by atoms with Crippen LogP contribution in [0.1, 0.15) is 63.1 Å². The first-order valence-corrected chi connectivity index (χ1v) is 11.4. The first kappa shape index (κ1) is 19.8. The van der Waals surface area contributed by atoms with Gasteiger partial charge in [0.1, 0.15) is 5.75 Å². The van der Waals surface area contributed by atoms with E-state index in [0.29, 0.717) is 12.1 Å².